The van der Waals surface area contributed by atoms with Crippen LogP contribution in [0.2, 0.25) is 0 Å². The van der Waals surface area contributed by atoms with E-state index in [2.05, 4.69) is 0 Å². The second kappa shape index (κ2) is 2.37. The van der Waals surface area contributed by atoms with Crippen molar-refractivity contribution in [2.24, 2.45) is 0 Å². The first-order valence-corrected chi connectivity index (χ1v) is 3.19. The third-order valence-electron chi connectivity index (χ3n) is 0.938. The second-order valence-electron chi connectivity index (χ2n) is 1.61. The van der Waals surface area contributed by atoms with Gasteiger partial charge in [-0.1, -0.05) is 30.9 Å². The third-order valence-corrected chi connectivity index (χ3v) is 1.54. The molecule has 0 atom stereocenters. The zero-order valence-electron chi connectivity index (χ0n) is 4.26. The minimum atomic E-state index is 0.852. The minimum Gasteiger partial charge on any atom is -0.0846 e. The summed E-state index contributed by atoms with van der Waals surface area (Å²) in [4.78, 5) is 1.87. The summed E-state index contributed by atoms with van der Waals surface area (Å²) in [7, 11) is 0. The number of thiocarbonyl (C=S) groups is 1. The molecular weight excluding hydrogens is 136 g/mol. The van der Waals surface area contributed by atoms with Gasteiger partial charge in [-0.3, -0.25) is 0 Å². The highest BCUT2D eigenvalue weighted by atomic mass is 32.1. The first kappa shape index (κ1) is 5.92. The maximum absolute atomic E-state index is 4.88. The molecule has 8 heavy (non-hydrogen) atoms. The lowest BCUT2D eigenvalue weighted by molar-refractivity contribution is 1.49. The first-order chi connectivity index (χ1) is 3.79. The summed E-state index contributed by atoms with van der Waals surface area (Å²) >= 11 is 9.74. The molecule has 0 fully saturated rings. The highest BCUT2D eigenvalue weighted by molar-refractivity contribution is 7.84. The molecule has 1 aliphatic rings. The Labute approximate surface area is 59.7 Å². The van der Waals surface area contributed by atoms with Gasteiger partial charge in [0.15, 0.2) is 0 Å². The normalized spacial score (nSPS) is 18.5. The van der Waals surface area contributed by atoms with Crippen LogP contribution in [0, 0.1) is 0 Å². The zero-order valence-corrected chi connectivity index (χ0v) is 5.89. The van der Waals surface area contributed by atoms with Crippen molar-refractivity contribution in [1.29, 1.82) is 0 Å². The molecule has 0 spiro atoms. The highest BCUT2D eigenvalue weighted by Gasteiger charge is 1.95. The van der Waals surface area contributed by atoms with Crippen LogP contribution in [-0.2, 0) is 0 Å². The van der Waals surface area contributed by atoms with Gasteiger partial charge in [0, 0.05) is 16.2 Å². The van der Waals surface area contributed by atoms with E-state index < -0.39 is 0 Å². The van der Waals surface area contributed by atoms with Crippen LogP contribution in [0.15, 0.2) is 23.1 Å². The van der Waals surface area contributed by atoms with E-state index in [4.69, 9.17) is 24.8 Å². The number of rotatable bonds is 0. The van der Waals surface area contributed by atoms with Gasteiger partial charge in [0.05, 0.1) is 0 Å². The molecule has 0 aromatic rings. The van der Waals surface area contributed by atoms with Crippen molar-refractivity contribution in [3.63, 3.8) is 0 Å². The van der Waals surface area contributed by atoms with Crippen molar-refractivity contribution in [3.05, 3.63) is 23.1 Å². The largest absolute Gasteiger partial charge is 0.0846 e. The van der Waals surface area contributed by atoms with Crippen LogP contribution in [0.3, 0.4) is 0 Å². The van der Waals surface area contributed by atoms with E-state index in [1.54, 1.807) is 0 Å². The van der Waals surface area contributed by atoms with E-state index in [1.807, 2.05) is 18.2 Å². The van der Waals surface area contributed by atoms with Crippen LogP contribution < -0.4 is 0 Å². The summed E-state index contributed by atoms with van der Waals surface area (Å²) in [6, 6.07) is 0. The van der Waals surface area contributed by atoms with Gasteiger partial charge < -0.3 is 0 Å². The molecule has 0 aromatic carbocycles. The maximum Gasteiger partial charge on any atom is 0.0341 e. The SMILES string of the molecule is [S]C1=CCC(=S)C=C1. The van der Waals surface area contributed by atoms with E-state index in [9.17, 15) is 0 Å². The summed E-state index contributed by atoms with van der Waals surface area (Å²) in [6.07, 6.45) is 6.56. The van der Waals surface area contributed by atoms with Crippen molar-refractivity contribution < 1.29 is 0 Å². The van der Waals surface area contributed by atoms with Crippen molar-refractivity contribution in [1.82, 2.24) is 0 Å². The molecule has 1 rings (SSSR count). The van der Waals surface area contributed by atoms with Crippen molar-refractivity contribution in [2.45, 2.75) is 6.42 Å². The van der Waals surface area contributed by atoms with Crippen molar-refractivity contribution in [2.75, 3.05) is 0 Å². The Morgan fingerprint density at radius 2 is 2.12 bits per heavy atom. The number of hydrogen-bond donors (Lipinski definition) is 0. The predicted octanol–water partition coefficient (Wildman–Crippen LogP) is 2.40. The highest BCUT2D eigenvalue weighted by Crippen LogP contribution is 2.10. The molecule has 0 N–H and O–H groups in total. The molecule has 1 radical (unpaired) electrons. The molecule has 1 aliphatic carbocycles. The van der Waals surface area contributed by atoms with E-state index in [0.29, 0.717) is 0 Å². The van der Waals surface area contributed by atoms with Crippen LogP contribution in [0.5, 0.6) is 0 Å². The second-order valence-corrected chi connectivity index (χ2v) is 2.61. The molecule has 0 aromatic heterocycles. The Hall–Kier alpha value is -0.210. The third kappa shape index (κ3) is 1.39. The zero-order chi connectivity index (χ0) is 5.98. The van der Waals surface area contributed by atoms with Gasteiger partial charge in [0.25, 0.3) is 0 Å². The smallest absolute Gasteiger partial charge is 0.0341 e. The summed E-state index contributed by atoms with van der Waals surface area (Å²) < 4.78 is 0. The van der Waals surface area contributed by atoms with E-state index in [0.717, 1.165) is 16.2 Å². The standard InChI is InChI=1S/C6H5S2/c7-5-1-2-6(8)4-3-5/h1-3H,4H2. The first-order valence-electron chi connectivity index (χ1n) is 2.37. The Balaban J connectivity index is 2.71. The Morgan fingerprint density at radius 3 is 2.50 bits per heavy atom. The van der Waals surface area contributed by atoms with Crippen LogP contribution in [0.25, 0.3) is 0 Å². The fourth-order valence-electron chi connectivity index (χ4n) is 0.512. The Kier molecular flexibility index (Phi) is 1.76. The quantitative estimate of drug-likeness (QED) is 0.467. The van der Waals surface area contributed by atoms with Crippen LogP contribution >= 0.6 is 24.8 Å². The minimum absolute atomic E-state index is 0.852. The Morgan fingerprint density at radius 1 is 1.38 bits per heavy atom. The summed E-state index contributed by atoms with van der Waals surface area (Å²) in [5, 5.41) is 0. The lowest BCUT2D eigenvalue weighted by atomic mass is 10.2. The number of hydrogen-bond acceptors (Lipinski definition) is 1. The summed E-state index contributed by atoms with van der Waals surface area (Å²) in [5.41, 5.74) is 0. The average Bonchev–Trinajstić information content (AvgIpc) is 1.77. The van der Waals surface area contributed by atoms with Crippen molar-refractivity contribution >= 4 is 29.7 Å². The van der Waals surface area contributed by atoms with Gasteiger partial charge in [-0.2, -0.15) is 0 Å². The predicted molar refractivity (Wildman–Crippen MR) is 42.0 cm³/mol. The Bertz CT molecular complexity index is 163. The molecule has 2 heteroatoms. The number of allylic oxidation sites excluding steroid dienone is 3. The fourth-order valence-corrected chi connectivity index (χ4v) is 0.815. The topological polar surface area (TPSA) is 0 Å². The molecular formula is C6H5S2. The monoisotopic (exact) mass is 141 g/mol. The molecule has 0 saturated heterocycles. The molecule has 0 nitrogen and oxygen atoms in total. The van der Waals surface area contributed by atoms with Crippen molar-refractivity contribution in [3.8, 4) is 0 Å². The van der Waals surface area contributed by atoms with Crippen LogP contribution in [-0.4, -0.2) is 4.86 Å². The molecule has 0 aliphatic heterocycles. The van der Waals surface area contributed by atoms with Gasteiger partial charge in [0.2, 0.25) is 0 Å². The maximum atomic E-state index is 4.88. The van der Waals surface area contributed by atoms with E-state index in [-0.39, 0.29) is 0 Å². The molecule has 41 valence electrons. The molecule has 0 bridgehead atoms. The van der Waals surface area contributed by atoms with E-state index in [1.165, 1.54) is 0 Å². The summed E-state index contributed by atoms with van der Waals surface area (Å²) in [6.45, 7) is 0. The van der Waals surface area contributed by atoms with Gasteiger partial charge in [-0.15, -0.1) is 0 Å². The fraction of sp³-hybridized carbons (Fsp3) is 0.167. The molecule has 0 amide bonds. The molecule has 0 heterocycles. The molecule has 0 unspecified atom stereocenters. The molecule has 0 saturated carbocycles. The average molecular weight is 141 g/mol. The van der Waals surface area contributed by atoms with E-state index >= 15 is 0 Å². The van der Waals surface area contributed by atoms with Gasteiger partial charge in [0.1, 0.15) is 0 Å². The van der Waals surface area contributed by atoms with Gasteiger partial charge in [-0.05, 0) is 12.2 Å². The lowest BCUT2D eigenvalue weighted by Gasteiger charge is -1.97. The van der Waals surface area contributed by atoms with Crippen LogP contribution in [0.4, 0.5) is 0 Å². The summed E-state index contributed by atoms with van der Waals surface area (Å²) in [5.74, 6) is 0. The van der Waals surface area contributed by atoms with Gasteiger partial charge >= 0.3 is 0 Å². The van der Waals surface area contributed by atoms with Gasteiger partial charge in [-0.25, -0.2) is 0 Å². The lowest BCUT2D eigenvalue weighted by Crippen LogP contribution is -1.89. The van der Waals surface area contributed by atoms with Crippen LogP contribution in [0.1, 0.15) is 6.42 Å².